The van der Waals surface area contributed by atoms with E-state index in [9.17, 15) is 0 Å². The molecule has 0 aliphatic rings. The van der Waals surface area contributed by atoms with Crippen molar-refractivity contribution in [3.8, 4) is 5.75 Å². The van der Waals surface area contributed by atoms with Crippen LogP contribution in [0.2, 0.25) is 0 Å². The average molecular weight is 324 g/mol. The molecule has 0 fully saturated rings. The van der Waals surface area contributed by atoms with E-state index in [0.29, 0.717) is 6.61 Å². The molecular formula is C20H26N3O+. The zero-order chi connectivity index (χ0) is 16.9. The summed E-state index contributed by atoms with van der Waals surface area (Å²) in [5, 5.41) is 0. The summed E-state index contributed by atoms with van der Waals surface area (Å²) in [7, 11) is 0. The van der Waals surface area contributed by atoms with Crippen LogP contribution in [0, 0.1) is 6.92 Å². The second kappa shape index (κ2) is 7.39. The lowest BCUT2D eigenvalue weighted by Gasteiger charge is -2.06. The Morgan fingerprint density at radius 3 is 2.58 bits per heavy atom. The van der Waals surface area contributed by atoms with E-state index < -0.39 is 0 Å². The lowest BCUT2D eigenvalue weighted by atomic mass is 10.2. The van der Waals surface area contributed by atoms with E-state index in [0.717, 1.165) is 37.6 Å². The van der Waals surface area contributed by atoms with Crippen LogP contribution >= 0.6 is 0 Å². The molecule has 126 valence electrons. The van der Waals surface area contributed by atoms with E-state index in [1.807, 2.05) is 12.1 Å². The maximum absolute atomic E-state index is 6.43. The van der Waals surface area contributed by atoms with Crippen LogP contribution in [0.3, 0.4) is 0 Å². The van der Waals surface area contributed by atoms with Crippen molar-refractivity contribution < 1.29 is 9.30 Å². The smallest absolute Gasteiger partial charge is 0.356 e. The van der Waals surface area contributed by atoms with E-state index in [-0.39, 0.29) is 0 Å². The van der Waals surface area contributed by atoms with Crippen molar-refractivity contribution in [2.24, 2.45) is 0 Å². The van der Waals surface area contributed by atoms with Gasteiger partial charge in [-0.3, -0.25) is 5.73 Å². The third-order valence-electron chi connectivity index (χ3n) is 4.36. The molecule has 24 heavy (non-hydrogen) atoms. The van der Waals surface area contributed by atoms with Crippen molar-refractivity contribution in [1.82, 2.24) is 4.57 Å². The molecule has 0 atom stereocenters. The molecule has 0 radical (unpaired) electrons. The fourth-order valence-electron chi connectivity index (χ4n) is 2.99. The highest BCUT2D eigenvalue weighted by Gasteiger charge is 2.19. The van der Waals surface area contributed by atoms with Gasteiger partial charge in [0.05, 0.1) is 6.54 Å². The first-order chi connectivity index (χ1) is 11.7. The van der Waals surface area contributed by atoms with E-state index in [1.165, 1.54) is 16.6 Å². The second-order valence-corrected chi connectivity index (χ2v) is 6.17. The van der Waals surface area contributed by atoms with Crippen molar-refractivity contribution in [3.05, 3.63) is 54.1 Å². The summed E-state index contributed by atoms with van der Waals surface area (Å²) >= 11 is 0. The number of rotatable bonds is 7. The van der Waals surface area contributed by atoms with Gasteiger partial charge in [0.2, 0.25) is 0 Å². The Hall–Kier alpha value is -2.49. The molecule has 2 N–H and O–H groups in total. The molecule has 1 heterocycles. The Labute approximate surface area is 143 Å². The minimum Gasteiger partial charge on any atom is -0.490 e. The molecule has 2 aromatic carbocycles. The fourth-order valence-corrected chi connectivity index (χ4v) is 2.99. The lowest BCUT2D eigenvalue weighted by molar-refractivity contribution is -0.657. The maximum atomic E-state index is 6.43. The van der Waals surface area contributed by atoms with Crippen molar-refractivity contribution in [2.75, 3.05) is 12.3 Å². The summed E-state index contributed by atoms with van der Waals surface area (Å²) < 4.78 is 10.2. The van der Waals surface area contributed by atoms with Gasteiger partial charge in [-0.05, 0) is 37.6 Å². The minimum atomic E-state index is 0.597. The van der Waals surface area contributed by atoms with E-state index >= 15 is 0 Å². The van der Waals surface area contributed by atoms with Gasteiger partial charge in [0.15, 0.2) is 0 Å². The molecule has 0 saturated heterocycles. The fraction of sp³-hybridized carbons (Fsp3) is 0.350. The zero-order valence-electron chi connectivity index (χ0n) is 14.5. The number of para-hydroxylation sites is 2. The SMILES string of the molecule is CCCC[n+]1c(N)n(CCOc2ccc(C)cc2)c2ccccc21. The maximum Gasteiger partial charge on any atom is 0.356 e. The highest BCUT2D eigenvalue weighted by Crippen LogP contribution is 2.17. The quantitative estimate of drug-likeness (QED) is 0.674. The molecule has 0 aliphatic carbocycles. The van der Waals surface area contributed by atoms with Gasteiger partial charge < -0.3 is 4.74 Å². The molecule has 3 aromatic rings. The highest BCUT2D eigenvalue weighted by molar-refractivity contribution is 5.73. The average Bonchev–Trinajstić information content (AvgIpc) is 2.87. The summed E-state index contributed by atoms with van der Waals surface area (Å²) in [4.78, 5) is 0. The highest BCUT2D eigenvalue weighted by atomic mass is 16.5. The number of ether oxygens (including phenoxy) is 1. The lowest BCUT2D eigenvalue weighted by Crippen LogP contribution is -2.36. The number of anilines is 1. The van der Waals surface area contributed by atoms with E-state index in [4.69, 9.17) is 10.5 Å². The van der Waals surface area contributed by atoms with Crippen LogP contribution in [-0.2, 0) is 13.1 Å². The number of hydrogen-bond donors (Lipinski definition) is 1. The van der Waals surface area contributed by atoms with Crippen molar-refractivity contribution >= 4 is 17.0 Å². The van der Waals surface area contributed by atoms with Gasteiger partial charge in [0.1, 0.15) is 29.9 Å². The van der Waals surface area contributed by atoms with E-state index in [2.05, 4.69) is 59.4 Å². The van der Waals surface area contributed by atoms with Crippen molar-refractivity contribution in [2.45, 2.75) is 39.8 Å². The van der Waals surface area contributed by atoms with Crippen LogP contribution in [0.25, 0.3) is 11.0 Å². The number of imidazole rings is 1. The molecule has 4 nitrogen and oxygen atoms in total. The standard InChI is InChI=1S/C20H25N3O/c1-3-4-13-22-18-7-5-6-8-19(18)23(20(22)21)14-15-24-17-11-9-16(2)10-12-17/h5-12,21H,3-4,13-15H2,1-2H3/p+1. The van der Waals surface area contributed by atoms with Crippen LogP contribution < -0.4 is 15.0 Å². The second-order valence-electron chi connectivity index (χ2n) is 6.17. The van der Waals surface area contributed by atoms with Crippen LogP contribution in [0.5, 0.6) is 5.75 Å². The zero-order valence-corrected chi connectivity index (χ0v) is 14.5. The van der Waals surface area contributed by atoms with Gasteiger partial charge in [-0.2, -0.15) is 0 Å². The van der Waals surface area contributed by atoms with Crippen LogP contribution in [-0.4, -0.2) is 11.2 Å². The Kier molecular flexibility index (Phi) is 5.04. The van der Waals surface area contributed by atoms with Crippen LogP contribution in [0.4, 0.5) is 5.95 Å². The van der Waals surface area contributed by atoms with Gasteiger partial charge in [-0.1, -0.05) is 43.2 Å². The Bertz CT molecular complexity index is 806. The normalized spacial score (nSPS) is 11.1. The molecule has 0 spiro atoms. The molecule has 0 bridgehead atoms. The number of nitrogens with two attached hydrogens (primary N) is 1. The summed E-state index contributed by atoms with van der Waals surface area (Å²) in [6.07, 6.45) is 2.28. The predicted octanol–water partition coefficient (Wildman–Crippen LogP) is 3.70. The van der Waals surface area contributed by atoms with Gasteiger partial charge in [-0.15, -0.1) is 0 Å². The van der Waals surface area contributed by atoms with E-state index in [1.54, 1.807) is 0 Å². The number of fused-ring (bicyclic) bond motifs is 1. The van der Waals surface area contributed by atoms with Crippen LogP contribution in [0.1, 0.15) is 25.3 Å². The monoisotopic (exact) mass is 324 g/mol. The number of aryl methyl sites for hydroxylation is 2. The third-order valence-corrected chi connectivity index (χ3v) is 4.36. The molecule has 0 aliphatic heterocycles. The number of unbranched alkanes of at least 4 members (excludes halogenated alkanes) is 1. The van der Waals surface area contributed by atoms with Crippen LogP contribution in [0.15, 0.2) is 48.5 Å². The number of aromatic nitrogens is 2. The molecule has 0 unspecified atom stereocenters. The third kappa shape index (κ3) is 3.37. The summed E-state index contributed by atoms with van der Waals surface area (Å²) in [5.74, 6) is 1.70. The van der Waals surface area contributed by atoms with Gasteiger partial charge >= 0.3 is 5.95 Å². The molecule has 0 saturated carbocycles. The Morgan fingerprint density at radius 1 is 1.08 bits per heavy atom. The largest absolute Gasteiger partial charge is 0.490 e. The molecule has 1 aromatic heterocycles. The first-order valence-corrected chi connectivity index (χ1v) is 8.66. The van der Waals surface area contributed by atoms with Crippen molar-refractivity contribution in [1.29, 1.82) is 0 Å². The van der Waals surface area contributed by atoms with Gasteiger partial charge in [0, 0.05) is 0 Å². The minimum absolute atomic E-state index is 0.597. The first-order valence-electron chi connectivity index (χ1n) is 8.66. The van der Waals surface area contributed by atoms with Gasteiger partial charge in [-0.25, -0.2) is 9.13 Å². The summed E-state index contributed by atoms with van der Waals surface area (Å²) in [6, 6.07) is 16.5. The summed E-state index contributed by atoms with van der Waals surface area (Å²) in [6.45, 7) is 6.56. The molecule has 0 amide bonds. The molecule has 4 heteroatoms. The van der Waals surface area contributed by atoms with Gasteiger partial charge in [0.25, 0.3) is 0 Å². The number of benzene rings is 2. The topological polar surface area (TPSA) is 44.1 Å². The Balaban J connectivity index is 1.78. The predicted molar refractivity (Wildman–Crippen MR) is 98.1 cm³/mol. The molecule has 3 rings (SSSR count). The number of nitrogens with zero attached hydrogens (tertiary/aromatic N) is 2. The number of hydrogen-bond acceptors (Lipinski definition) is 2. The first kappa shape index (κ1) is 16.4. The number of nitrogen functional groups attached to an aromatic ring is 1. The van der Waals surface area contributed by atoms with Crippen molar-refractivity contribution in [3.63, 3.8) is 0 Å². The Morgan fingerprint density at radius 2 is 1.83 bits per heavy atom. The summed E-state index contributed by atoms with van der Waals surface area (Å²) in [5.41, 5.74) is 10.0. The molecular weight excluding hydrogens is 298 g/mol.